The summed E-state index contributed by atoms with van der Waals surface area (Å²) in [5, 5.41) is 12.7. The van der Waals surface area contributed by atoms with Crippen molar-refractivity contribution in [2.24, 2.45) is 0 Å². The van der Waals surface area contributed by atoms with Crippen LogP contribution in [0, 0.1) is 0 Å². The van der Waals surface area contributed by atoms with E-state index in [1.54, 1.807) is 0 Å². The molecule has 1 aromatic heterocycles. The summed E-state index contributed by atoms with van der Waals surface area (Å²) in [6.45, 7) is 5.87. The number of aryl methyl sites for hydroxylation is 1. The average Bonchev–Trinajstić information content (AvgIpc) is 2.88. The Morgan fingerprint density at radius 3 is 3.11 bits per heavy atom. The molecule has 6 heteroatoms. The Hall–Kier alpha value is -0.980. The van der Waals surface area contributed by atoms with Crippen LogP contribution in [-0.4, -0.2) is 53.0 Å². The monoisotopic (exact) mass is 255 g/mol. The van der Waals surface area contributed by atoms with E-state index in [4.69, 9.17) is 14.4 Å². The number of rotatable bonds is 6. The fourth-order valence-electron chi connectivity index (χ4n) is 2.03. The number of aliphatic hydroxyl groups excluding tert-OH is 1. The van der Waals surface area contributed by atoms with Crippen LogP contribution in [0.2, 0.25) is 0 Å². The van der Waals surface area contributed by atoms with Gasteiger partial charge in [-0.3, -0.25) is 4.90 Å². The van der Waals surface area contributed by atoms with Gasteiger partial charge in [0, 0.05) is 26.1 Å². The van der Waals surface area contributed by atoms with Crippen molar-refractivity contribution in [1.82, 2.24) is 15.0 Å². The van der Waals surface area contributed by atoms with Crippen LogP contribution in [-0.2, 0) is 11.2 Å². The SMILES string of the molecule is CCN1CCOC(c2noc(CCCCO)n2)C1. The van der Waals surface area contributed by atoms with Gasteiger partial charge in [-0.25, -0.2) is 0 Å². The Kier molecular flexibility index (Phi) is 5.10. The van der Waals surface area contributed by atoms with Crippen LogP contribution >= 0.6 is 0 Å². The maximum Gasteiger partial charge on any atom is 0.226 e. The Morgan fingerprint density at radius 1 is 1.44 bits per heavy atom. The third-order valence-corrected chi connectivity index (χ3v) is 3.17. The minimum Gasteiger partial charge on any atom is -0.396 e. The zero-order valence-corrected chi connectivity index (χ0v) is 10.8. The van der Waals surface area contributed by atoms with Crippen LogP contribution < -0.4 is 0 Å². The molecular weight excluding hydrogens is 234 g/mol. The quantitative estimate of drug-likeness (QED) is 0.757. The van der Waals surface area contributed by atoms with Crippen molar-refractivity contribution >= 4 is 0 Å². The number of ether oxygens (including phenoxy) is 1. The van der Waals surface area contributed by atoms with Gasteiger partial charge in [-0.1, -0.05) is 12.1 Å². The second-order valence-electron chi connectivity index (χ2n) is 4.48. The number of likely N-dealkylation sites (N-methyl/N-ethyl adjacent to an activating group) is 1. The molecule has 1 N–H and O–H groups in total. The lowest BCUT2D eigenvalue weighted by atomic mass is 10.2. The number of hydrogen-bond acceptors (Lipinski definition) is 6. The maximum atomic E-state index is 8.72. The molecule has 18 heavy (non-hydrogen) atoms. The molecule has 0 spiro atoms. The number of morpholine rings is 1. The van der Waals surface area contributed by atoms with E-state index in [0.29, 0.717) is 18.3 Å². The first kappa shape index (κ1) is 13.5. The molecule has 1 unspecified atom stereocenters. The Bertz CT molecular complexity index is 356. The van der Waals surface area contributed by atoms with Gasteiger partial charge in [0.05, 0.1) is 6.61 Å². The highest BCUT2D eigenvalue weighted by Gasteiger charge is 2.25. The molecule has 0 amide bonds. The van der Waals surface area contributed by atoms with E-state index >= 15 is 0 Å². The molecule has 0 bridgehead atoms. The highest BCUT2D eigenvalue weighted by atomic mass is 16.5. The summed E-state index contributed by atoms with van der Waals surface area (Å²) in [5.41, 5.74) is 0. The van der Waals surface area contributed by atoms with Gasteiger partial charge in [-0.15, -0.1) is 0 Å². The molecule has 2 rings (SSSR count). The van der Waals surface area contributed by atoms with E-state index in [2.05, 4.69) is 22.0 Å². The van der Waals surface area contributed by atoms with Gasteiger partial charge in [0.15, 0.2) is 0 Å². The van der Waals surface area contributed by atoms with Crippen molar-refractivity contribution in [3.8, 4) is 0 Å². The molecule has 0 aromatic carbocycles. The molecule has 0 aliphatic carbocycles. The Morgan fingerprint density at radius 2 is 2.33 bits per heavy atom. The normalized spacial score (nSPS) is 21.3. The van der Waals surface area contributed by atoms with E-state index in [0.717, 1.165) is 38.9 Å². The largest absolute Gasteiger partial charge is 0.396 e. The fraction of sp³-hybridized carbons (Fsp3) is 0.833. The number of aliphatic hydroxyl groups is 1. The molecular formula is C12H21N3O3. The number of nitrogens with zero attached hydrogens (tertiary/aromatic N) is 3. The van der Waals surface area contributed by atoms with Crippen LogP contribution in [0.25, 0.3) is 0 Å². The zero-order valence-electron chi connectivity index (χ0n) is 10.8. The number of unbranched alkanes of at least 4 members (excludes halogenated alkanes) is 1. The lowest BCUT2D eigenvalue weighted by Gasteiger charge is -2.30. The van der Waals surface area contributed by atoms with Gasteiger partial charge in [-0.2, -0.15) is 4.98 Å². The summed E-state index contributed by atoms with van der Waals surface area (Å²) in [7, 11) is 0. The van der Waals surface area contributed by atoms with Gasteiger partial charge < -0.3 is 14.4 Å². The summed E-state index contributed by atoms with van der Waals surface area (Å²) >= 11 is 0. The molecule has 2 heterocycles. The first-order chi connectivity index (χ1) is 8.83. The third-order valence-electron chi connectivity index (χ3n) is 3.17. The molecule has 1 aromatic rings. The average molecular weight is 255 g/mol. The smallest absolute Gasteiger partial charge is 0.226 e. The third kappa shape index (κ3) is 3.51. The molecule has 6 nitrogen and oxygen atoms in total. The van der Waals surface area contributed by atoms with Crippen LogP contribution in [0.4, 0.5) is 0 Å². The lowest BCUT2D eigenvalue weighted by Crippen LogP contribution is -2.38. The topological polar surface area (TPSA) is 71.6 Å². The first-order valence-electron chi connectivity index (χ1n) is 6.60. The summed E-state index contributed by atoms with van der Waals surface area (Å²) in [6, 6.07) is 0. The second-order valence-corrected chi connectivity index (χ2v) is 4.48. The highest BCUT2D eigenvalue weighted by Crippen LogP contribution is 2.19. The van der Waals surface area contributed by atoms with Crippen molar-refractivity contribution in [3.05, 3.63) is 11.7 Å². The molecule has 102 valence electrons. The van der Waals surface area contributed by atoms with E-state index in [9.17, 15) is 0 Å². The molecule has 0 radical (unpaired) electrons. The summed E-state index contributed by atoms with van der Waals surface area (Å²) in [4.78, 5) is 6.68. The first-order valence-corrected chi connectivity index (χ1v) is 6.60. The Balaban J connectivity index is 1.88. The van der Waals surface area contributed by atoms with Gasteiger partial charge in [0.2, 0.25) is 11.7 Å². The van der Waals surface area contributed by atoms with Crippen molar-refractivity contribution in [2.45, 2.75) is 32.3 Å². The van der Waals surface area contributed by atoms with Crippen molar-refractivity contribution < 1.29 is 14.4 Å². The van der Waals surface area contributed by atoms with Gasteiger partial charge >= 0.3 is 0 Å². The minimum absolute atomic E-state index is 0.0750. The van der Waals surface area contributed by atoms with Gasteiger partial charge in [0.25, 0.3) is 0 Å². The molecule has 1 saturated heterocycles. The van der Waals surface area contributed by atoms with Crippen molar-refractivity contribution in [1.29, 1.82) is 0 Å². The predicted octanol–water partition coefficient (Wildman–Crippen LogP) is 0.778. The van der Waals surface area contributed by atoms with E-state index in [1.807, 2.05) is 0 Å². The molecule has 1 aliphatic rings. The van der Waals surface area contributed by atoms with Crippen molar-refractivity contribution in [2.75, 3.05) is 32.8 Å². The van der Waals surface area contributed by atoms with Gasteiger partial charge in [0.1, 0.15) is 6.10 Å². The van der Waals surface area contributed by atoms with Gasteiger partial charge in [-0.05, 0) is 19.4 Å². The van der Waals surface area contributed by atoms with Crippen molar-refractivity contribution in [3.63, 3.8) is 0 Å². The molecule has 1 aliphatic heterocycles. The predicted molar refractivity (Wildman–Crippen MR) is 65.1 cm³/mol. The standard InChI is InChI=1S/C12H21N3O3/c1-2-15-6-8-17-10(9-15)12-13-11(18-14-12)5-3-4-7-16/h10,16H,2-9H2,1H3. The lowest BCUT2D eigenvalue weighted by molar-refractivity contribution is -0.0334. The van der Waals surface area contributed by atoms with E-state index in [-0.39, 0.29) is 12.7 Å². The zero-order chi connectivity index (χ0) is 12.8. The Labute approximate surface area is 107 Å². The minimum atomic E-state index is -0.0750. The van der Waals surface area contributed by atoms with Crippen LogP contribution in [0.15, 0.2) is 4.52 Å². The molecule has 1 fully saturated rings. The van der Waals surface area contributed by atoms with Crippen LogP contribution in [0.3, 0.4) is 0 Å². The maximum absolute atomic E-state index is 8.72. The molecule has 1 atom stereocenters. The second kappa shape index (κ2) is 6.82. The summed E-state index contributed by atoms with van der Waals surface area (Å²) in [5.74, 6) is 1.28. The fourth-order valence-corrected chi connectivity index (χ4v) is 2.03. The van der Waals surface area contributed by atoms with E-state index in [1.165, 1.54) is 0 Å². The summed E-state index contributed by atoms with van der Waals surface area (Å²) in [6.07, 6.45) is 2.28. The number of aromatic nitrogens is 2. The van der Waals surface area contributed by atoms with Crippen LogP contribution in [0.1, 0.15) is 37.6 Å². The summed E-state index contributed by atoms with van der Waals surface area (Å²) < 4.78 is 10.9. The van der Waals surface area contributed by atoms with E-state index < -0.39 is 0 Å². The number of hydrogen-bond donors (Lipinski definition) is 1. The highest BCUT2D eigenvalue weighted by molar-refractivity contribution is 4.94. The molecule has 0 saturated carbocycles. The van der Waals surface area contributed by atoms with Crippen LogP contribution in [0.5, 0.6) is 0 Å².